The summed E-state index contributed by atoms with van der Waals surface area (Å²) < 4.78 is 34.2. The van der Waals surface area contributed by atoms with E-state index in [1.807, 2.05) is 30.3 Å². The molecule has 196 valence electrons. The van der Waals surface area contributed by atoms with Crippen molar-refractivity contribution in [2.45, 2.75) is 17.7 Å². The maximum atomic E-state index is 13.3. The number of hydrogen-bond acceptors (Lipinski definition) is 7. The van der Waals surface area contributed by atoms with Gasteiger partial charge in [0.05, 0.1) is 29.4 Å². The molecule has 1 aromatic heterocycles. The van der Waals surface area contributed by atoms with Crippen molar-refractivity contribution in [2.24, 2.45) is 5.92 Å². The third-order valence-corrected chi connectivity index (χ3v) is 8.44. The van der Waals surface area contributed by atoms with E-state index in [4.69, 9.17) is 4.74 Å². The van der Waals surface area contributed by atoms with E-state index < -0.39 is 10.0 Å². The molecule has 2 fully saturated rings. The number of amides is 1. The summed E-state index contributed by atoms with van der Waals surface area (Å²) in [4.78, 5) is 19.8. The van der Waals surface area contributed by atoms with Crippen molar-refractivity contribution in [2.75, 3.05) is 48.4 Å². The number of benzene rings is 2. The van der Waals surface area contributed by atoms with Gasteiger partial charge in [0.2, 0.25) is 10.0 Å². The van der Waals surface area contributed by atoms with Crippen molar-refractivity contribution < 1.29 is 17.9 Å². The molecule has 1 amide bonds. The van der Waals surface area contributed by atoms with Crippen LogP contribution in [0.4, 0.5) is 17.1 Å². The standard InChI is InChI=1S/C28H29N5O4S/c34-28-26(24-17-23(6-7-25(24)32-28)38(35,36)30-18-19-4-5-19)27(20-8-10-29-11-9-20)31-21-2-1-3-22(16-21)33-12-14-37-15-13-33/h1-3,6-11,16-17,19,30-31H,4-5,12-15,18H2,(H,32,34)/b27-26-. The van der Waals surface area contributed by atoms with Gasteiger partial charge in [0, 0.05) is 60.2 Å². The molecule has 1 saturated heterocycles. The van der Waals surface area contributed by atoms with Gasteiger partial charge in [-0.1, -0.05) is 6.07 Å². The lowest BCUT2D eigenvalue weighted by molar-refractivity contribution is -0.110. The van der Waals surface area contributed by atoms with Crippen LogP contribution in [0.1, 0.15) is 24.0 Å². The third kappa shape index (κ3) is 5.15. The molecule has 0 bridgehead atoms. The van der Waals surface area contributed by atoms with Crippen LogP contribution in [0.25, 0.3) is 11.3 Å². The molecule has 38 heavy (non-hydrogen) atoms. The van der Waals surface area contributed by atoms with Gasteiger partial charge < -0.3 is 20.3 Å². The number of fused-ring (bicyclic) bond motifs is 1. The molecule has 0 atom stereocenters. The first-order chi connectivity index (χ1) is 18.5. The zero-order valence-corrected chi connectivity index (χ0v) is 21.6. The number of pyridine rings is 1. The molecule has 1 saturated carbocycles. The van der Waals surface area contributed by atoms with E-state index in [-0.39, 0.29) is 10.8 Å². The number of aromatic nitrogens is 1. The minimum Gasteiger partial charge on any atom is -0.378 e. The van der Waals surface area contributed by atoms with Gasteiger partial charge >= 0.3 is 0 Å². The molecule has 2 aromatic carbocycles. The second-order valence-electron chi connectivity index (χ2n) is 9.72. The fourth-order valence-corrected chi connectivity index (χ4v) is 5.88. The van der Waals surface area contributed by atoms with Crippen molar-refractivity contribution in [3.05, 3.63) is 78.1 Å². The Kier molecular flexibility index (Phi) is 6.61. The molecule has 9 nitrogen and oxygen atoms in total. The Hall–Kier alpha value is -3.73. The van der Waals surface area contributed by atoms with Crippen molar-refractivity contribution in [1.29, 1.82) is 0 Å². The number of hydrogen-bond donors (Lipinski definition) is 3. The van der Waals surface area contributed by atoms with Crippen LogP contribution in [0, 0.1) is 5.92 Å². The molecule has 2 aliphatic heterocycles. The Balaban J connectivity index is 1.41. The molecule has 1 aliphatic carbocycles. The first kappa shape index (κ1) is 24.6. The van der Waals surface area contributed by atoms with Crippen LogP contribution in [-0.2, 0) is 19.6 Å². The monoisotopic (exact) mass is 531 g/mol. The Morgan fingerprint density at radius 2 is 1.84 bits per heavy atom. The van der Waals surface area contributed by atoms with Crippen molar-refractivity contribution >= 4 is 44.3 Å². The highest BCUT2D eigenvalue weighted by atomic mass is 32.2. The fourth-order valence-electron chi connectivity index (χ4n) is 4.74. The summed E-state index contributed by atoms with van der Waals surface area (Å²) in [5.74, 6) is 0.109. The van der Waals surface area contributed by atoms with Crippen molar-refractivity contribution in [3.8, 4) is 0 Å². The molecule has 0 spiro atoms. The van der Waals surface area contributed by atoms with Crippen LogP contribution >= 0.6 is 0 Å². The molecule has 6 rings (SSSR count). The van der Waals surface area contributed by atoms with Crippen LogP contribution < -0.4 is 20.3 Å². The second kappa shape index (κ2) is 10.2. The number of nitrogens with zero attached hydrogens (tertiary/aromatic N) is 2. The van der Waals surface area contributed by atoms with Crippen molar-refractivity contribution in [1.82, 2.24) is 9.71 Å². The zero-order valence-electron chi connectivity index (χ0n) is 20.8. The summed E-state index contributed by atoms with van der Waals surface area (Å²) in [5.41, 5.74) is 4.68. The van der Waals surface area contributed by atoms with Crippen LogP contribution in [-0.4, -0.2) is 52.2 Å². The normalized spacial score (nSPS) is 18.6. The topological polar surface area (TPSA) is 113 Å². The van der Waals surface area contributed by atoms with Gasteiger partial charge in [-0.05, 0) is 67.3 Å². The lowest BCUT2D eigenvalue weighted by atomic mass is 10.0. The summed E-state index contributed by atoms with van der Waals surface area (Å²) in [6.45, 7) is 3.42. The number of nitrogens with one attached hydrogen (secondary N) is 3. The van der Waals surface area contributed by atoms with Gasteiger partial charge in [-0.2, -0.15) is 0 Å². The summed E-state index contributed by atoms with van der Waals surface area (Å²) in [6.07, 6.45) is 5.42. The lowest BCUT2D eigenvalue weighted by Gasteiger charge is -2.29. The first-order valence-corrected chi connectivity index (χ1v) is 14.3. The number of carbonyl (C=O) groups excluding carboxylic acids is 1. The molecule has 3 aliphatic rings. The van der Waals surface area contributed by atoms with E-state index in [0.717, 1.165) is 42.9 Å². The van der Waals surface area contributed by atoms with E-state index >= 15 is 0 Å². The Labute approximate surface area is 222 Å². The number of anilines is 3. The smallest absolute Gasteiger partial charge is 0.258 e. The minimum atomic E-state index is -3.70. The molecular weight excluding hydrogens is 502 g/mol. The highest BCUT2D eigenvalue weighted by Gasteiger charge is 2.31. The first-order valence-electron chi connectivity index (χ1n) is 12.8. The zero-order chi connectivity index (χ0) is 26.1. The number of morpholine rings is 1. The average Bonchev–Trinajstić information content (AvgIpc) is 3.72. The van der Waals surface area contributed by atoms with Crippen LogP contribution in [0.15, 0.2) is 71.9 Å². The number of sulfonamides is 1. The molecule has 3 N–H and O–H groups in total. The van der Waals surface area contributed by atoms with Gasteiger partial charge in [0.25, 0.3) is 5.91 Å². The quantitative estimate of drug-likeness (QED) is 0.381. The Bertz CT molecular complexity index is 1500. The van der Waals surface area contributed by atoms with E-state index in [9.17, 15) is 13.2 Å². The maximum Gasteiger partial charge on any atom is 0.258 e. The third-order valence-electron chi connectivity index (χ3n) is 7.02. The molecule has 10 heteroatoms. The average molecular weight is 532 g/mol. The number of ether oxygens (including phenoxy) is 1. The molecule has 3 aromatic rings. The highest BCUT2D eigenvalue weighted by Crippen LogP contribution is 2.39. The largest absolute Gasteiger partial charge is 0.378 e. The number of carbonyl (C=O) groups is 1. The maximum absolute atomic E-state index is 13.3. The summed E-state index contributed by atoms with van der Waals surface area (Å²) in [5, 5.41) is 6.36. The van der Waals surface area contributed by atoms with Gasteiger partial charge in [0.1, 0.15) is 0 Å². The lowest BCUT2D eigenvalue weighted by Crippen LogP contribution is -2.36. The van der Waals surface area contributed by atoms with E-state index in [2.05, 4.69) is 31.3 Å². The minimum absolute atomic E-state index is 0.134. The van der Waals surface area contributed by atoms with Crippen molar-refractivity contribution in [3.63, 3.8) is 0 Å². The molecule has 3 heterocycles. The van der Waals surface area contributed by atoms with E-state index in [1.54, 1.807) is 24.5 Å². The molecule has 0 unspecified atom stereocenters. The van der Waals surface area contributed by atoms with E-state index in [0.29, 0.717) is 48.2 Å². The number of rotatable bonds is 8. The second-order valence-corrected chi connectivity index (χ2v) is 11.5. The van der Waals surface area contributed by atoms with E-state index in [1.165, 1.54) is 6.07 Å². The summed E-state index contributed by atoms with van der Waals surface area (Å²) >= 11 is 0. The summed E-state index contributed by atoms with van der Waals surface area (Å²) in [6, 6.07) is 16.4. The van der Waals surface area contributed by atoms with Crippen LogP contribution in [0.5, 0.6) is 0 Å². The van der Waals surface area contributed by atoms with Crippen LogP contribution in [0.2, 0.25) is 0 Å². The van der Waals surface area contributed by atoms with Crippen LogP contribution in [0.3, 0.4) is 0 Å². The highest BCUT2D eigenvalue weighted by molar-refractivity contribution is 7.89. The predicted octanol–water partition coefficient (Wildman–Crippen LogP) is 3.54. The SMILES string of the molecule is O=C1Nc2ccc(S(=O)(=O)NCC3CC3)cc2/C1=C(/Nc1cccc(N2CCOCC2)c1)c1ccncc1. The fraction of sp³-hybridized carbons (Fsp3) is 0.286. The van der Waals surface area contributed by atoms with Gasteiger partial charge in [-0.3, -0.25) is 9.78 Å². The Morgan fingerprint density at radius 3 is 2.61 bits per heavy atom. The van der Waals surface area contributed by atoms with Gasteiger partial charge in [-0.25, -0.2) is 13.1 Å². The molecular formula is C28H29N5O4S. The summed E-state index contributed by atoms with van der Waals surface area (Å²) in [7, 11) is -3.70. The Morgan fingerprint density at radius 1 is 1.05 bits per heavy atom. The van der Waals surface area contributed by atoms with Gasteiger partial charge in [0.15, 0.2) is 0 Å². The molecule has 0 radical (unpaired) electrons. The predicted molar refractivity (Wildman–Crippen MR) is 147 cm³/mol. The van der Waals surface area contributed by atoms with Gasteiger partial charge in [-0.15, -0.1) is 0 Å².